The Labute approximate surface area is 200 Å². The van der Waals surface area contributed by atoms with E-state index in [0.717, 1.165) is 16.2 Å². The second-order valence-corrected chi connectivity index (χ2v) is 7.94. The summed E-state index contributed by atoms with van der Waals surface area (Å²) < 4.78 is 22.1. The van der Waals surface area contributed by atoms with Crippen LogP contribution in [0.5, 0.6) is 23.0 Å². The number of pyridine rings is 1. The van der Waals surface area contributed by atoms with Gasteiger partial charge in [0, 0.05) is 23.2 Å². The van der Waals surface area contributed by atoms with Crippen molar-refractivity contribution in [3.05, 3.63) is 66.4 Å². The molecule has 0 unspecified atom stereocenters. The number of fused-ring (bicyclic) bond motifs is 2. The predicted molar refractivity (Wildman–Crippen MR) is 129 cm³/mol. The molecule has 0 aliphatic carbocycles. The normalized spacial score (nSPS) is 14.9. The topological polar surface area (TPSA) is 108 Å². The van der Waals surface area contributed by atoms with Crippen LogP contribution in [0.2, 0.25) is 0 Å². The maximum Gasteiger partial charge on any atom is 0.407 e. The lowest BCUT2D eigenvalue weighted by atomic mass is 10.0. The molecule has 9 nitrogen and oxygen atoms in total. The average Bonchev–Trinajstić information content (AvgIpc) is 3.31. The van der Waals surface area contributed by atoms with Crippen LogP contribution in [-0.2, 0) is 4.74 Å². The van der Waals surface area contributed by atoms with Crippen LogP contribution in [0, 0.1) is 0 Å². The quantitative estimate of drug-likeness (QED) is 0.417. The molecule has 5 rings (SSSR count). The van der Waals surface area contributed by atoms with Crippen molar-refractivity contribution in [1.29, 1.82) is 0 Å². The number of methoxy groups -OCH3 is 2. The van der Waals surface area contributed by atoms with Gasteiger partial charge in [0.1, 0.15) is 17.6 Å². The largest absolute Gasteiger partial charge is 0.493 e. The summed E-state index contributed by atoms with van der Waals surface area (Å²) in [7, 11) is 3.16. The van der Waals surface area contributed by atoms with E-state index in [1.165, 1.54) is 0 Å². The Morgan fingerprint density at radius 1 is 1.06 bits per heavy atom. The van der Waals surface area contributed by atoms with Crippen LogP contribution in [0.25, 0.3) is 21.7 Å². The second kappa shape index (κ2) is 9.38. The lowest BCUT2D eigenvalue weighted by Gasteiger charge is -2.13. The molecular weight excluding hydrogens is 450 g/mol. The van der Waals surface area contributed by atoms with E-state index in [0.29, 0.717) is 40.6 Å². The summed E-state index contributed by atoms with van der Waals surface area (Å²) in [4.78, 5) is 28.4. The monoisotopic (exact) mass is 473 g/mol. The molecule has 1 aliphatic heterocycles. The number of hydrogen-bond donors (Lipinski definition) is 2. The highest BCUT2D eigenvalue weighted by Gasteiger charge is 2.23. The highest BCUT2D eigenvalue weighted by Crippen LogP contribution is 2.37. The van der Waals surface area contributed by atoms with Crippen LogP contribution < -0.4 is 24.8 Å². The summed E-state index contributed by atoms with van der Waals surface area (Å²) in [5.74, 6) is 2.15. The van der Waals surface area contributed by atoms with Crippen molar-refractivity contribution in [2.45, 2.75) is 6.10 Å². The predicted octanol–water partition coefficient (Wildman–Crippen LogP) is 4.04. The molecule has 4 aromatic rings. The Bertz CT molecular complexity index is 1440. The third-order valence-corrected chi connectivity index (χ3v) is 5.77. The van der Waals surface area contributed by atoms with Crippen molar-refractivity contribution in [3.8, 4) is 23.0 Å². The van der Waals surface area contributed by atoms with Crippen molar-refractivity contribution < 1.29 is 28.5 Å². The highest BCUT2D eigenvalue weighted by molar-refractivity contribution is 6.07. The van der Waals surface area contributed by atoms with E-state index in [9.17, 15) is 9.59 Å². The lowest BCUT2D eigenvalue weighted by Crippen LogP contribution is -2.34. The summed E-state index contributed by atoms with van der Waals surface area (Å²) >= 11 is 0. The first-order chi connectivity index (χ1) is 17.1. The van der Waals surface area contributed by atoms with Gasteiger partial charge >= 0.3 is 6.09 Å². The number of amides is 2. The van der Waals surface area contributed by atoms with Crippen LogP contribution in [0.15, 0.2) is 60.8 Å². The summed E-state index contributed by atoms with van der Waals surface area (Å²) in [6.07, 6.45) is 0.821. The van der Waals surface area contributed by atoms with Gasteiger partial charge in [0.15, 0.2) is 11.5 Å². The van der Waals surface area contributed by atoms with Crippen LogP contribution in [0.3, 0.4) is 0 Å². The van der Waals surface area contributed by atoms with Crippen molar-refractivity contribution in [1.82, 2.24) is 15.6 Å². The van der Waals surface area contributed by atoms with E-state index in [4.69, 9.17) is 18.9 Å². The molecule has 2 amide bonds. The molecule has 1 saturated heterocycles. The summed E-state index contributed by atoms with van der Waals surface area (Å²) in [5, 5.41) is 7.81. The zero-order chi connectivity index (χ0) is 24.4. The van der Waals surface area contributed by atoms with Crippen LogP contribution in [0.4, 0.5) is 4.79 Å². The molecule has 9 heteroatoms. The molecule has 35 heavy (non-hydrogen) atoms. The number of hydrogen-bond acceptors (Lipinski definition) is 7. The van der Waals surface area contributed by atoms with Gasteiger partial charge in [-0.25, -0.2) is 4.79 Å². The van der Waals surface area contributed by atoms with Gasteiger partial charge < -0.3 is 29.6 Å². The number of carbonyl (C=O) groups excluding carboxylic acids is 2. The zero-order valence-corrected chi connectivity index (χ0v) is 19.2. The highest BCUT2D eigenvalue weighted by atomic mass is 16.6. The number of nitrogens with zero attached hydrogens (tertiary/aromatic N) is 1. The molecule has 2 N–H and O–H groups in total. The van der Waals surface area contributed by atoms with Gasteiger partial charge in [-0.1, -0.05) is 12.1 Å². The Kier molecular flexibility index (Phi) is 5.97. The minimum absolute atomic E-state index is 0.235. The van der Waals surface area contributed by atoms with E-state index in [1.54, 1.807) is 38.6 Å². The molecule has 0 bridgehead atoms. The van der Waals surface area contributed by atoms with E-state index in [1.807, 2.05) is 36.4 Å². The molecule has 0 spiro atoms. The molecule has 3 aromatic carbocycles. The SMILES string of the molecule is COc1cc2nccc(Oc3ccc4c(C(=O)NC[C@H]5CNC(=O)O5)cccc4c3)c2cc1OC. The first-order valence-corrected chi connectivity index (χ1v) is 11.0. The first-order valence-electron chi connectivity index (χ1n) is 11.0. The van der Waals surface area contributed by atoms with Gasteiger partial charge in [0.05, 0.1) is 32.8 Å². The Hall–Kier alpha value is -4.53. The number of rotatable bonds is 7. The van der Waals surface area contributed by atoms with Gasteiger partial charge in [-0.2, -0.15) is 0 Å². The Morgan fingerprint density at radius 3 is 2.66 bits per heavy atom. The van der Waals surface area contributed by atoms with Gasteiger partial charge in [-0.15, -0.1) is 0 Å². The standard InChI is InChI=1S/C26H23N3O6/c1-32-23-11-20-21(12-24(23)33-2)27-9-8-22(20)34-16-6-7-18-15(10-16)4-3-5-19(18)25(30)28-13-17-14-29-26(31)35-17/h3-12,17H,13-14H2,1-2H3,(H,28,30)(H,29,31)/t17-/m0/s1. The molecule has 2 heterocycles. The fraction of sp³-hybridized carbons (Fsp3) is 0.192. The van der Waals surface area contributed by atoms with Crippen molar-refractivity contribution in [2.24, 2.45) is 0 Å². The minimum Gasteiger partial charge on any atom is -0.493 e. The van der Waals surface area contributed by atoms with Crippen molar-refractivity contribution in [3.63, 3.8) is 0 Å². The van der Waals surface area contributed by atoms with Gasteiger partial charge in [-0.05, 0) is 47.2 Å². The molecule has 178 valence electrons. The van der Waals surface area contributed by atoms with E-state index in [-0.39, 0.29) is 18.6 Å². The van der Waals surface area contributed by atoms with Crippen LogP contribution in [-0.4, -0.2) is 50.4 Å². The molecule has 1 aromatic heterocycles. The Balaban J connectivity index is 1.40. The number of alkyl carbamates (subject to hydrolysis) is 1. The van der Waals surface area contributed by atoms with Crippen molar-refractivity contribution in [2.75, 3.05) is 27.3 Å². The smallest absolute Gasteiger partial charge is 0.407 e. The fourth-order valence-corrected chi connectivity index (χ4v) is 4.03. The summed E-state index contributed by atoms with van der Waals surface area (Å²) in [5.41, 5.74) is 1.24. The molecule has 1 atom stereocenters. The molecule has 1 aliphatic rings. The zero-order valence-electron chi connectivity index (χ0n) is 19.2. The first kappa shape index (κ1) is 22.3. The van der Waals surface area contributed by atoms with Gasteiger partial charge in [0.2, 0.25) is 0 Å². The fourth-order valence-electron chi connectivity index (χ4n) is 4.03. The van der Waals surface area contributed by atoms with Gasteiger partial charge in [0.25, 0.3) is 5.91 Å². The van der Waals surface area contributed by atoms with Crippen LogP contribution in [0.1, 0.15) is 10.4 Å². The number of nitrogens with one attached hydrogen (secondary N) is 2. The van der Waals surface area contributed by atoms with Gasteiger partial charge in [-0.3, -0.25) is 9.78 Å². The third-order valence-electron chi connectivity index (χ3n) is 5.77. The molecule has 0 radical (unpaired) electrons. The van der Waals surface area contributed by atoms with Crippen molar-refractivity contribution >= 4 is 33.7 Å². The molecule has 1 fully saturated rings. The van der Waals surface area contributed by atoms with E-state index in [2.05, 4.69) is 15.6 Å². The average molecular weight is 473 g/mol. The van der Waals surface area contributed by atoms with Crippen LogP contribution >= 0.6 is 0 Å². The maximum absolute atomic E-state index is 12.8. The number of cyclic esters (lactones) is 1. The maximum atomic E-state index is 12.8. The number of aromatic nitrogens is 1. The minimum atomic E-state index is -0.471. The molecular formula is C26H23N3O6. The van der Waals surface area contributed by atoms with E-state index < -0.39 is 6.09 Å². The Morgan fingerprint density at radius 2 is 1.89 bits per heavy atom. The number of carbonyl (C=O) groups is 2. The number of benzene rings is 3. The third kappa shape index (κ3) is 4.48. The molecule has 0 saturated carbocycles. The second-order valence-electron chi connectivity index (χ2n) is 7.94. The lowest BCUT2D eigenvalue weighted by molar-refractivity contribution is 0.0917. The summed E-state index contributed by atoms with van der Waals surface area (Å²) in [6.45, 7) is 0.607. The number of ether oxygens (including phenoxy) is 4. The van der Waals surface area contributed by atoms with E-state index >= 15 is 0 Å². The summed E-state index contributed by atoms with van der Waals surface area (Å²) in [6, 6.07) is 16.4.